The van der Waals surface area contributed by atoms with Crippen LogP contribution in [0.4, 0.5) is 24.7 Å². The van der Waals surface area contributed by atoms with Gasteiger partial charge in [-0.15, -0.1) is 0 Å². The third-order valence-corrected chi connectivity index (χ3v) is 2.50. The summed E-state index contributed by atoms with van der Waals surface area (Å²) in [5.41, 5.74) is 6.58. The van der Waals surface area contributed by atoms with E-state index in [0.717, 1.165) is 4.90 Å². The molecule has 0 aromatic carbocycles. The first-order chi connectivity index (χ1) is 8.30. The van der Waals surface area contributed by atoms with Crippen molar-refractivity contribution in [3.63, 3.8) is 0 Å². The molecule has 0 amide bonds. The Kier molecular flexibility index (Phi) is 4.44. The summed E-state index contributed by atoms with van der Waals surface area (Å²) in [5, 5.41) is 12.9. The zero-order valence-electron chi connectivity index (χ0n) is 10.3. The van der Waals surface area contributed by atoms with Gasteiger partial charge in [0.2, 0.25) is 0 Å². The van der Waals surface area contributed by atoms with Gasteiger partial charge in [0.25, 0.3) is 0 Å². The molecule has 18 heavy (non-hydrogen) atoms. The number of hydrogen-bond acceptors (Lipinski definition) is 4. The van der Waals surface area contributed by atoms with Gasteiger partial charge in [-0.3, -0.25) is 4.68 Å². The highest BCUT2D eigenvalue weighted by atomic mass is 19.4. The Hall–Kier alpha value is -1.44. The number of alkyl halides is 3. The molecule has 1 rings (SSSR count). The second-order valence-corrected chi connectivity index (χ2v) is 3.92. The number of aromatic nitrogens is 2. The highest BCUT2D eigenvalue weighted by Gasteiger charge is 2.33. The van der Waals surface area contributed by atoms with E-state index in [1.165, 1.54) is 11.7 Å². The second kappa shape index (κ2) is 5.47. The number of aliphatic hydroxyl groups excluding tert-OH is 1. The lowest BCUT2D eigenvalue weighted by molar-refractivity contribution is -0.120. The van der Waals surface area contributed by atoms with Crippen LogP contribution >= 0.6 is 0 Å². The molecule has 5 nitrogen and oxygen atoms in total. The van der Waals surface area contributed by atoms with Crippen LogP contribution in [0.5, 0.6) is 0 Å². The van der Waals surface area contributed by atoms with E-state index in [9.17, 15) is 13.2 Å². The van der Waals surface area contributed by atoms with E-state index < -0.39 is 12.7 Å². The summed E-state index contributed by atoms with van der Waals surface area (Å²) in [6.45, 7) is 0.123. The van der Waals surface area contributed by atoms with E-state index in [0.29, 0.717) is 12.1 Å². The molecule has 0 aliphatic carbocycles. The molecule has 0 atom stereocenters. The molecule has 104 valence electrons. The largest absolute Gasteiger partial charge is 0.405 e. The molecule has 0 radical (unpaired) electrons. The van der Waals surface area contributed by atoms with Crippen LogP contribution in [0.15, 0.2) is 0 Å². The Labute approximate surface area is 103 Å². The molecule has 0 unspecified atom stereocenters. The number of nitrogen functional groups attached to an aromatic ring is 1. The highest BCUT2D eigenvalue weighted by Crippen LogP contribution is 2.29. The maximum absolute atomic E-state index is 12.5. The standard InChI is InChI=1S/C10H17F3N4O/c1-3-7-8(14)9(16(2)15-7)17(4-5-18)6-10(11,12)13/h18H,3-6,14H2,1-2H3. The third-order valence-electron chi connectivity index (χ3n) is 2.50. The Bertz CT molecular complexity index is 403. The van der Waals surface area contributed by atoms with E-state index >= 15 is 0 Å². The molecule has 1 aromatic heterocycles. The molecule has 0 aliphatic rings. The molecule has 0 saturated heterocycles. The molecule has 8 heteroatoms. The van der Waals surface area contributed by atoms with Crippen molar-refractivity contribution >= 4 is 11.5 Å². The first-order valence-electron chi connectivity index (χ1n) is 5.54. The van der Waals surface area contributed by atoms with Crippen molar-refractivity contribution < 1.29 is 18.3 Å². The first kappa shape index (κ1) is 14.6. The van der Waals surface area contributed by atoms with Crippen molar-refractivity contribution in [2.75, 3.05) is 30.3 Å². The topological polar surface area (TPSA) is 67.3 Å². The van der Waals surface area contributed by atoms with Gasteiger partial charge in [0.05, 0.1) is 18.0 Å². The predicted molar refractivity (Wildman–Crippen MR) is 62.4 cm³/mol. The zero-order chi connectivity index (χ0) is 13.9. The lowest BCUT2D eigenvalue weighted by Crippen LogP contribution is -2.37. The van der Waals surface area contributed by atoms with Crippen LogP contribution in [-0.4, -0.2) is 40.8 Å². The maximum Gasteiger partial charge on any atom is 0.405 e. The van der Waals surface area contributed by atoms with E-state index in [-0.39, 0.29) is 24.7 Å². The monoisotopic (exact) mass is 266 g/mol. The van der Waals surface area contributed by atoms with E-state index in [1.54, 1.807) is 0 Å². The second-order valence-electron chi connectivity index (χ2n) is 3.92. The number of hydrogen-bond donors (Lipinski definition) is 2. The fourth-order valence-corrected chi connectivity index (χ4v) is 1.82. The predicted octanol–water partition coefficient (Wildman–Crippen LogP) is 0.926. The van der Waals surface area contributed by atoms with Crippen molar-refractivity contribution in [3.05, 3.63) is 5.69 Å². The Morgan fingerprint density at radius 2 is 2.06 bits per heavy atom. The number of anilines is 2. The SMILES string of the molecule is CCc1nn(C)c(N(CCO)CC(F)(F)F)c1N. The van der Waals surface area contributed by atoms with E-state index in [1.807, 2.05) is 6.92 Å². The quantitative estimate of drug-likeness (QED) is 0.832. The van der Waals surface area contributed by atoms with Gasteiger partial charge in [0.1, 0.15) is 6.54 Å². The summed E-state index contributed by atoms with van der Waals surface area (Å²) in [6.07, 6.45) is -3.82. The van der Waals surface area contributed by atoms with Crippen LogP contribution in [-0.2, 0) is 13.5 Å². The molecule has 1 aromatic rings. The van der Waals surface area contributed by atoms with Gasteiger partial charge in [-0.1, -0.05) is 6.92 Å². The number of aliphatic hydroxyl groups is 1. The Balaban J connectivity index is 3.09. The molecule has 0 saturated carbocycles. The van der Waals surface area contributed by atoms with Crippen LogP contribution in [0, 0.1) is 0 Å². The van der Waals surface area contributed by atoms with Crippen molar-refractivity contribution in [2.24, 2.45) is 7.05 Å². The summed E-state index contributed by atoms with van der Waals surface area (Å²) in [6, 6.07) is 0. The van der Waals surface area contributed by atoms with Crippen LogP contribution in [0.2, 0.25) is 0 Å². The maximum atomic E-state index is 12.5. The van der Waals surface area contributed by atoms with Crippen LogP contribution in [0.1, 0.15) is 12.6 Å². The van der Waals surface area contributed by atoms with Gasteiger partial charge >= 0.3 is 6.18 Å². The molecule has 0 fully saturated rings. The van der Waals surface area contributed by atoms with E-state index in [4.69, 9.17) is 10.8 Å². The van der Waals surface area contributed by atoms with Gasteiger partial charge in [0, 0.05) is 13.6 Å². The summed E-state index contributed by atoms with van der Waals surface area (Å²) < 4.78 is 38.7. The minimum atomic E-state index is -4.36. The first-order valence-corrected chi connectivity index (χ1v) is 5.54. The fourth-order valence-electron chi connectivity index (χ4n) is 1.82. The minimum absolute atomic E-state index is 0.146. The molecule has 0 bridgehead atoms. The number of aryl methyl sites for hydroxylation is 2. The van der Waals surface area contributed by atoms with Crippen molar-refractivity contribution in [1.82, 2.24) is 9.78 Å². The smallest absolute Gasteiger partial charge is 0.395 e. The van der Waals surface area contributed by atoms with E-state index in [2.05, 4.69) is 5.10 Å². The summed E-state index contributed by atoms with van der Waals surface area (Å²) >= 11 is 0. The van der Waals surface area contributed by atoms with Gasteiger partial charge < -0.3 is 15.7 Å². The Morgan fingerprint density at radius 3 is 2.44 bits per heavy atom. The average Bonchev–Trinajstić information content (AvgIpc) is 2.51. The van der Waals surface area contributed by atoms with Gasteiger partial charge in [-0.05, 0) is 6.42 Å². The van der Waals surface area contributed by atoms with Crippen LogP contribution < -0.4 is 10.6 Å². The molecule has 3 N–H and O–H groups in total. The zero-order valence-corrected chi connectivity index (χ0v) is 10.3. The van der Waals surface area contributed by atoms with Crippen molar-refractivity contribution in [2.45, 2.75) is 19.5 Å². The lowest BCUT2D eigenvalue weighted by Gasteiger charge is -2.25. The van der Waals surface area contributed by atoms with Gasteiger partial charge in [0.15, 0.2) is 5.82 Å². The average molecular weight is 266 g/mol. The van der Waals surface area contributed by atoms with Crippen molar-refractivity contribution in [3.8, 4) is 0 Å². The molecule has 0 aliphatic heterocycles. The molecular formula is C10H17F3N4O. The van der Waals surface area contributed by atoms with Gasteiger partial charge in [-0.2, -0.15) is 18.3 Å². The summed E-state index contributed by atoms with van der Waals surface area (Å²) in [4.78, 5) is 0.988. The normalized spacial score (nSPS) is 11.9. The highest BCUT2D eigenvalue weighted by molar-refractivity contribution is 5.66. The summed E-state index contributed by atoms with van der Waals surface area (Å²) in [5.74, 6) is 0.193. The number of nitrogens with two attached hydrogens (primary N) is 1. The number of halogens is 3. The molecular weight excluding hydrogens is 249 g/mol. The minimum Gasteiger partial charge on any atom is -0.395 e. The van der Waals surface area contributed by atoms with Crippen molar-refractivity contribution in [1.29, 1.82) is 0 Å². The molecule has 0 spiro atoms. The Morgan fingerprint density at radius 1 is 1.44 bits per heavy atom. The van der Waals surface area contributed by atoms with Crippen LogP contribution in [0.3, 0.4) is 0 Å². The fraction of sp³-hybridized carbons (Fsp3) is 0.700. The third kappa shape index (κ3) is 3.28. The summed E-state index contributed by atoms with van der Waals surface area (Å²) in [7, 11) is 1.53. The number of rotatable bonds is 5. The number of nitrogens with zero attached hydrogens (tertiary/aromatic N) is 3. The van der Waals surface area contributed by atoms with Gasteiger partial charge in [-0.25, -0.2) is 0 Å². The van der Waals surface area contributed by atoms with Crippen LogP contribution in [0.25, 0.3) is 0 Å². The molecule has 1 heterocycles. The lowest BCUT2D eigenvalue weighted by atomic mass is 10.3.